The average molecular weight is 1120 g/mol. The van der Waals surface area contributed by atoms with Crippen molar-refractivity contribution in [3.8, 4) is 0 Å². The molecule has 2 aliphatic heterocycles. The smallest absolute Gasteiger partial charge is 0.416 e. The van der Waals surface area contributed by atoms with E-state index in [2.05, 4.69) is 66.8 Å². The number of urea groups is 1. The van der Waals surface area contributed by atoms with Gasteiger partial charge < -0.3 is 29.9 Å². The third-order valence-electron chi connectivity index (χ3n) is 14.0. The topological polar surface area (TPSA) is 100 Å². The van der Waals surface area contributed by atoms with Gasteiger partial charge in [0.05, 0.1) is 37.2 Å². The van der Waals surface area contributed by atoms with Gasteiger partial charge in [0.25, 0.3) is 0 Å². The molecule has 9 nitrogen and oxygen atoms in total. The van der Waals surface area contributed by atoms with Gasteiger partial charge in [0.15, 0.2) is 0 Å². The molecule has 4 aromatic rings. The third kappa shape index (κ3) is 13.8. The number of hydrogen-bond donors (Lipinski definition) is 2. The molecule has 2 unspecified atom stereocenters. The van der Waals surface area contributed by atoms with Crippen molar-refractivity contribution < 1.29 is 50.2 Å². The molecule has 2 heterocycles. The molecular formula is C54H66Br2F6N4O5. The van der Waals surface area contributed by atoms with E-state index in [1.807, 2.05) is 19.1 Å². The predicted octanol–water partition coefficient (Wildman–Crippen LogP) is 13.1. The lowest BCUT2D eigenvalue weighted by atomic mass is 9.73. The first-order valence-corrected chi connectivity index (χ1v) is 25.4. The molecule has 2 saturated heterocycles. The highest BCUT2D eigenvalue weighted by atomic mass is 79.9. The minimum absolute atomic E-state index is 0. The number of piperidine rings is 2. The summed E-state index contributed by atoms with van der Waals surface area (Å²) in [4.78, 5) is 40.4. The maximum Gasteiger partial charge on any atom is 0.416 e. The first-order valence-electron chi connectivity index (χ1n) is 23.8. The molecule has 17 heteroatoms. The molecule has 2 atom stereocenters. The zero-order valence-electron chi connectivity index (χ0n) is 40.0. The molecule has 0 saturated carbocycles. The average Bonchev–Trinajstić information content (AvgIpc) is 3.78. The van der Waals surface area contributed by atoms with E-state index in [-0.39, 0.29) is 66.4 Å². The van der Waals surface area contributed by atoms with Crippen molar-refractivity contribution in [2.45, 2.75) is 121 Å². The lowest BCUT2D eigenvalue weighted by molar-refractivity contribution is -0.144. The van der Waals surface area contributed by atoms with Crippen molar-refractivity contribution in [1.82, 2.24) is 20.4 Å². The standard InChI is InChI=1S/C27H30BrF3N2O3.C17H22BrNO2.C9H10F3N.CH4/c1-3-36-23(34)15-19-16-26(24-20(19)8-6-10-22(24)28)11-13-33(14-12-26)25(35)32(2)17-18-7-4-5-9-21(18)27(29,30)31;1-2-21-15(20)10-12-11-17(6-8-19-9-7-17)16-13(12)4-3-5-14(16)18;1-13-6-7-4-2-3-5-8(7)9(10,11)12;/h4-10,19H,3,11-17H2,1-2H3;3-5,12,19H,2,6-11H2,1H3;2-5,13H,6H2,1H3;1H4. The molecule has 2 aliphatic carbocycles. The molecule has 0 bridgehead atoms. The van der Waals surface area contributed by atoms with Crippen LogP contribution in [0.25, 0.3) is 0 Å². The fourth-order valence-corrected chi connectivity index (χ4v) is 12.6. The van der Waals surface area contributed by atoms with E-state index in [1.54, 1.807) is 31.0 Å². The normalized spacial score (nSPS) is 18.5. The van der Waals surface area contributed by atoms with Crippen molar-refractivity contribution in [1.29, 1.82) is 0 Å². The van der Waals surface area contributed by atoms with Gasteiger partial charge in [-0.05, 0) is 147 Å². The van der Waals surface area contributed by atoms with Gasteiger partial charge in [0.2, 0.25) is 0 Å². The van der Waals surface area contributed by atoms with E-state index >= 15 is 0 Å². The third-order valence-corrected chi connectivity index (χ3v) is 15.4. The quantitative estimate of drug-likeness (QED) is 0.121. The van der Waals surface area contributed by atoms with Gasteiger partial charge in [0.1, 0.15) is 0 Å². The number of ether oxygens (including phenoxy) is 2. The van der Waals surface area contributed by atoms with Gasteiger partial charge >= 0.3 is 30.3 Å². The Balaban J connectivity index is 0.000000225. The highest BCUT2D eigenvalue weighted by Gasteiger charge is 2.49. The number of carbonyl (C=O) groups is 3. The first-order chi connectivity index (χ1) is 33.3. The number of carbonyl (C=O) groups excluding carboxylic acids is 3. The van der Waals surface area contributed by atoms with E-state index in [9.17, 15) is 40.7 Å². The Labute approximate surface area is 431 Å². The monoisotopic (exact) mass is 1120 g/mol. The maximum absolute atomic E-state index is 13.4. The molecule has 2 amide bonds. The molecule has 2 N–H and O–H groups in total. The van der Waals surface area contributed by atoms with Gasteiger partial charge in [-0.25, -0.2) is 4.79 Å². The molecule has 388 valence electrons. The summed E-state index contributed by atoms with van der Waals surface area (Å²) in [6.07, 6.45) is -2.26. The van der Waals surface area contributed by atoms with Gasteiger partial charge in [-0.2, -0.15) is 26.3 Å². The Kier molecular flexibility index (Phi) is 20.2. The fraction of sp³-hybridized carbons (Fsp3) is 0.500. The summed E-state index contributed by atoms with van der Waals surface area (Å²) in [5.41, 5.74) is 4.29. The molecule has 4 aliphatic rings. The summed E-state index contributed by atoms with van der Waals surface area (Å²) < 4.78 is 89.8. The summed E-state index contributed by atoms with van der Waals surface area (Å²) in [7, 11) is 3.16. The Hall–Kier alpha value is -4.45. The van der Waals surface area contributed by atoms with Crippen molar-refractivity contribution in [2.75, 3.05) is 53.5 Å². The highest BCUT2D eigenvalue weighted by molar-refractivity contribution is 9.10. The minimum atomic E-state index is -4.47. The lowest BCUT2D eigenvalue weighted by Gasteiger charge is -2.42. The minimum Gasteiger partial charge on any atom is -0.466 e. The largest absolute Gasteiger partial charge is 0.466 e. The van der Waals surface area contributed by atoms with Crippen LogP contribution in [0.2, 0.25) is 0 Å². The number of nitrogens with one attached hydrogen (secondary N) is 2. The van der Waals surface area contributed by atoms with E-state index in [1.165, 1.54) is 57.4 Å². The number of nitrogens with zero attached hydrogens (tertiary/aromatic N) is 2. The number of amides is 2. The molecule has 4 aromatic carbocycles. The summed E-state index contributed by atoms with van der Waals surface area (Å²) >= 11 is 7.46. The van der Waals surface area contributed by atoms with Crippen LogP contribution in [-0.2, 0) is 55.3 Å². The first kappa shape index (κ1) is 57.5. The van der Waals surface area contributed by atoms with Gasteiger partial charge in [-0.1, -0.05) is 100.0 Å². The fourth-order valence-electron chi connectivity index (χ4n) is 11.0. The van der Waals surface area contributed by atoms with E-state index in [4.69, 9.17) is 9.47 Å². The molecule has 71 heavy (non-hydrogen) atoms. The zero-order valence-corrected chi connectivity index (χ0v) is 43.2. The van der Waals surface area contributed by atoms with E-state index in [0.29, 0.717) is 45.1 Å². The van der Waals surface area contributed by atoms with Gasteiger partial charge in [-0.3, -0.25) is 9.59 Å². The van der Waals surface area contributed by atoms with Crippen LogP contribution in [0.15, 0.2) is 93.9 Å². The number of likely N-dealkylation sites (tertiary alicyclic amines) is 1. The number of esters is 2. The number of benzene rings is 4. The number of alkyl halides is 6. The van der Waals surface area contributed by atoms with Crippen LogP contribution < -0.4 is 10.6 Å². The summed E-state index contributed by atoms with van der Waals surface area (Å²) in [6.45, 7) is 7.71. The molecule has 2 spiro atoms. The van der Waals surface area contributed by atoms with Crippen LogP contribution in [0.4, 0.5) is 31.1 Å². The number of fused-ring (bicyclic) bond motifs is 4. The molecule has 8 rings (SSSR count). The summed E-state index contributed by atoms with van der Waals surface area (Å²) in [5, 5.41) is 6.15. The molecule has 0 radical (unpaired) electrons. The lowest BCUT2D eigenvalue weighted by Crippen LogP contribution is -2.48. The number of halogens is 8. The van der Waals surface area contributed by atoms with Crippen LogP contribution >= 0.6 is 31.9 Å². The Morgan fingerprint density at radius 2 is 1.13 bits per heavy atom. The van der Waals surface area contributed by atoms with Crippen LogP contribution in [-0.4, -0.2) is 81.3 Å². The second-order valence-corrected chi connectivity index (χ2v) is 20.2. The molecular weight excluding hydrogens is 1060 g/mol. The maximum atomic E-state index is 13.4. The summed E-state index contributed by atoms with van der Waals surface area (Å²) in [5.74, 6) is 0.0771. The predicted molar refractivity (Wildman–Crippen MR) is 271 cm³/mol. The van der Waals surface area contributed by atoms with Gasteiger partial charge in [0, 0.05) is 47.6 Å². The molecule has 0 aromatic heterocycles. The Bertz CT molecular complexity index is 2440. The van der Waals surface area contributed by atoms with Crippen LogP contribution in [0.5, 0.6) is 0 Å². The second kappa shape index (κ2) is 25.0. The van der Waals surface area contributed by atoms with Crippen LogP contribution in [0.1, 0.15) is 129 Å². The van der Waals surface area contributed by atoms with Crippen molar-refractivity contribution in [2.24, 2.45) is 0 Å². The van der Waals surface area contributed by atoms with Crippen LogP contribution in [0.3, 0.4) is 0 Å². The SMILES string of the molecule is C.CCOC(=O)CC1CC2(CCN(C(=O)N(C)Cc3ccccc3C(F)(F)F)CC2)c2c(Br)cccc21.CCOC(=O)CC1CC2(CCNCC2)c2c(Br)cccc21.CNCc1ccccc1C(F)(F)F. The van der Waals surface area contributed by atoms with Crippen molar-refractivity contribution >= 4 is 49.8 Å². The highest BCUT2D eigenvalue weighted by Crippen LogP contribution is 2.56. The van der Waals surface area contributed by atoms with E-state index < -0.39 is 23.5 Å². The van der Waals surface area contributed by atoms with Crippen LogP contribution in [0, 0.1) is 0 Å². The zero-order chi connectivity index (χ0) is 50.9. The second-order valence-electron chi connectivity index (χ2n) is 18.5. The Morgan fingerprint density at radius 1 is 0.690 bits per heavy atom. The summed E-state index contributed by atoms with van der Waals surface area (Å²) in [6, 6.07) is 23.1. The van der Waals surface area contributed by atoms with Crippen molar-refractivity contribution in [3.63, 3.8) is 0 Å². The number of rotatable bonds is 10. The Morgan fingerprint density at radius 3 is 1.58 bits per heavy atom. The van der Waals surface area contributed by atoms with Crippen molar-refractivity contribution in [3.05, 3.63) is 138 Å². The van der Waals surface area contributed by atoms with Gasteiger partial charge in [-0.15, -0.1) is 0 Å². The molecule has 2 fully saturated rings. The number of hydrogen-bond acceptors (Lipinski definition) is 7. The van der Waals surface area contributed by atoms with E-state index in [0.717, 1.165) is 73.8 Å².